The lowest BCUT2D eigenvalue weighted by Gasteiger charge is -2.28. The molecule has 0 rings (SSSR count). The van der Waals surface area contributed by atoms with Crippen LogP contribution < -0.4 is 0 Å². The van der Waals surface area contributed by atoms with Gasteiger partial charge in [0.2, 0.25) is 5.24 Å². The highest BCUT2D eigenvalue weighted by atomic mass is 35.5. The number of halogens is 1. The van der Waals surface area contributed by atoms with Gasteiger partial charge in [-0.3, -0.25) is 14.6 Å². The first-order chi connectivity index (χ1) is 24.4. The Labute approximate surface area is 321 Å². The number of carbonyl (C=O) groups excluding carboxylic acids is 3. The molecule has 0 atom stereocenters. The lowest BCUT2D eigenvalue weighted by molar-refractivity contribution is -0.139. The van der Waals surface area contributed by atoms with Gasteiger partial charge in [0.1, 0.15) is 13.2 Å². The van der Waals surface area contributed by atoms with Crippen LogP contribution in [-0.2, 0) is 41.6 Å². The first-order valence-corrected chi connectivity index (χ1v) is 23.6. The minimum atomic E-state index is -2.16. The predicted octanol–water partition coefficient (Wildman–Crippen LogP) is 5.20. The second-order valence-electron chi connectivity index (χ2n) is 12.2. The molecule has 0 saturated carbocycles. The van der Waals surface area contributed by atoms with Crippen molar-refractivity contribution in [2.24, 2.45) is 0 Å². The van der Waals surface area contributed by atoms with Crippen LogP contribution in [0.1, 0.15) is 61.3 Å². The number of esters is 2. The summed E-state index contributed by atoms with van der Waals surface area (Å²) in [5.41, 5.74) is 1.13. The Morgan fingerprint density at radius 3 is 1.10 bits per heavy atom. The summed E-state index contributed by atoms with van der Waals surface area (Å²) in [7, 11) is -4.18. The zero-order valence-electron chi connectivity index (χ0n) is 33.7. The molecule has 0 aliphatic heterocycles. The highest BCUT2D eigenvalue weighted by Gasteiger charge is 2.31. The zero-order chi connectivity index (χ0) is 40.6. The van der Waals surface area contributed by atoms with Gasteiger partial charge in [-0.1, -0.05) is 19.7 Å². The summed E-state index contributed by atoms with van der Waals surface area (Å²) in [6.45, 7) is 34.7. The molecular weight excluding hydrogens is 728 g/mol. The largest absolute Gasteiger partial charge is 0.461 e. The van der Waals surface area contributed by atoms with E-state index in [0.717, 1.165) is 38.0 Å². The average Bonchev–Trinajstić information content (AvgIpc) is 3.05. The van der Waals surface area contributed by atoms with Crippen molar-refractivity contribution in [2.75, 3.05) is 92.1 Å². The maximum Gasteiger partial charge on any atom is 0.334 e. The van der Waals surface area contributed by atoms with Crippen molar-refractivity contribution in [3.05, 3.63) is 36.5 Å². The fourth-order valence-corrected chi connectivity index (χ4v) is 9.36. The molecular formula is C36H71ClN2O11Si2. The molecule has 0 bridgehead atoms. The molecule has 0 aromatic carbocycles. The van der Waals surface area contributed by atoms with Crippen molar-refractivity contribution in [1.29, 1.82) is 0 Å². The zero-order valence-corrected chi connectivity index (χ0v) is 36.4. The maximum absolute atomic E-state index is 11.5. The van der Waals surface area contributed by atoms with E-state index in [1.165, 1.54) is 0 Å². The van der Waals surface area contributed by atoms with E-state index in [0.29, 0.717) is 69.3 Å². The summed E-state index contributed by atoms with van der Waals surface area (Å²) in [6.07, 6.45) is 1.86. The van der Waals surface area contributed by atoms with Crippen LogP contribution in [0.3, 0.4) is 0 Å². The van der Waals surface area contributed by atoms with Gasteiger partial charge in [-0.25, -0.2) is 9.59 Å². The van der Waals surface area contributed by atoms with Crippen LogP contribution in [-0.4, -0.2) is 146 Å². The number of nitrogens with zero attached hydrogens (tertiary/aromatic N) is 2. The number of hydrogen-bond acceptors (Lipinski definition) is 13. The molecule has 0 aliphatic carbocycles. The molecule has 0 aliphatic rings. The van der Waals surface area contributed by atoms with Crippen molar-refractivity contribution in [3.63, 3.8) is 0 Å². The van der Waals surface area contributed by atoms with Gasteiger partial charge in [-0.05, 0) is 111 Å². The number of allylic oxidation sites excluding steroid dienone is 1. The summed E-state index contributed by atoms with van der Waals surface area (Å²) < 4.78 is 33.6. The van der Waals surface area contributed by atoms with Gasteiger partial charge in [0.15, 0.2) is 0 Å². The van der Waals surface area contributed by atoms with Gasteiger partial charge >= 0.3 is 29.1 Å². The normalized spacial score (nSPS) is 11.3. The van der Waals surface area contributed by atoms with E-state index in [2.05, 4.69) is 42.6 Å². The molecule has 52 heavy (non-hydrogen) atoms. The fourth-order valence-electron chi connectivity index (χ4n) is 4.58. The second kappa shape index (κ2) is 33.8. The number of aliphatic hydroxyl groups excluding tert-OH is 2. The minimum Gasteiger partial charge on any atom is -0.461 e. The lowest BCUT2D eigenvalue weighted by Crippen LogP contribution is -2.40. The third-order valence-corrected chi connectivity index (χ3v) is 13.6. The molecule has 0 aromatic rings. The second-order valence-corrected chi connectivity index (χ2v) is 19.3. The van der Waals surface area contributed by atoms with Crippen molar-refractivity contribution in [3.8, 4) is 0 Å². The molecule has 0 aromatic heterocycles. The third kappa shape index (κ3) is 31.7. The first-order valence-electron chi connectivity index (χ1n) is 18.1. The van der Waals surface area contributed by atoms with Crippen LogP contribution in [0.5, 0.6) is 0 Å². The standard InChI is InChI=1S/C20H37NO6Si.C12H29NO4Si.C4H5ClO/c1-8-26-28(7,27-9-2)16-10-11-21(12-14-24-19(22)17(3)4)13-15-25-20(23)18(5)6;1-4-16-18(3,17-5-2)12-6-7-13(8-10-14)9-11-15;1-3(2)4(5)6/h3,5,8-16H2,1-2,4,6-7H3;14-15H,4-12H2,1-3H3;1H2,2H3. The SMILES string of the molecule is C=C(C)C(=O)Cl.C=C(C)C(=O)OCCN(CCC[Si](C)(OCC)OCC)CCOC(=O)C(=C)C.CCO[Si](C)(CCCN(CCO)CCO)OCC. The lowest BCUT2D eigenvalue weighted by atomic mass is 10.3. The third-order valence-electron chi connectivity index (χ3n) is 7.16. The van der Waals surface area contributed by atoms with Gasteiger partial charge in [-0.15, -0.1) is 0 Å². The van der Waals surface area contributed by atoms with Crippen molar-refractivity contribution in [1.82, 2.24) is 9.80 Å². The predicted molar refractivity (Wildman–Crippen MR) is 213 cm³/mol. The molecule has 16 heteroatoms. The van der Waals surface area contributed by atoms with Crippen LogP contribution >= 0.6 is 11.6 Å². The van der Waals surface area contributed by atoms with E-state index in [1.807, 2.05) is 27.7 Å². The summed E-state index contributed by atoms with van der Waals surface area (Å²) in [6, 6.07) is 1.81. The molecule has 0 saturated heterocycles. The summed E-state index contributed by atoms with van der Waals surface area (Å²) in [5.74, 6) is -0.803. The quantitative estimate of drug-likeness (QED) is 0.0442. The van der Waals surface area contributed by atoms with Crippen molar-refractivity contribution >= 4 is 45.9 Å². The van der Waals surface area contributed by atoms with Gasteiger partial charge in [0.05, 0.1) is 13.2 Å². The van der Waals surface area contributed by atoms with Gasteiger partial charge in [0.25, 0.3) is 0 Å². The molecule has 0 spiro atoms. The molecule has 306 valence electrons. The monoisotopic (exact) mass is 798 g/mol. The van der Waals surface area contributed by atoms with Crippen LogP contribution in [0.2, 0.25) is 25.2 Å². The van der Waals surface area contributed by atoms with Crippen LogP contribution in [0.15, 0.2) is 36.5 Å². The van der Waals surface area contributed by atoms with Crippen LogP contribution in [0, 0.1) is 0 Å². The van der Waals surface area contributed by atoms with E-state index in [1.54, 1.807) is 20.8 Å². The van der Waals surface area contributed by atoms with E-state index >= 15 is 0 Å². The Morgan fingerprint density at radius 1 is 0.577 bits per heavy atom. The highest BCUT2D eigenvalue weighted by Crippen LogP contribution is 2.17. The number of rotatable bonds is 29. The Bertz CT molecular complexity index is 959. The van der Waals surface area contributed by atoms with E-state index in [9.17, 15) is 14.4 Å². The van der Waals surface area contributed by atoms with Crippen molar-refractivity contribution in [2.45, 2.75) is 86.5 Å². The Kier molecular flexibility index (Phi) is 35.5. The Balaban J connectivity index is -0.000000850. The fraction of sp³-hybridized carbons (Fsp3) is 0.750. The Morgan fingerprint density at radius 2 is 0.865 bits per heavy atom. The molecule has 0 fully saturated rings. The van der Waals surface area contributed by atoms with E-state index < -0.39 is 34.3 Å². The molecule has 0 amide bonds. The summed E-state index contributed by atoms with van der Waals surface area (Å²) in [5, 5.41) is 17.4. The van der Waals surface area contributed by atoms with E-state index in [4.69, 9.17) is 49.0 Å². The summed E-state index contributed by atoms with van der Waals surface area (Å²) >= 11 is 4.87. The highest BCUT2D eigenvalue weighted by molar-refractivity contribution is 6.67. The molecule has 2 N–H and O–H groups in total. The van der Waals surface area contributed by atoms with Gasteiger partial charge in [-0.2, -0.15) is 0 Å². The average molecular weight is 800 g/mol. The van der Waals surface area contributed by atoms with Gasteiger partial charge < -0.3 is 37.4 Å². The van der Waals surface area contributed by atoms with Gasteiger partial charge in [0, 0.05) is 69.3 Å². The number of hydrogen-bond donors (Lipinski definition) is 2. The number of carbonyl (C=O) groups is 3. The van der Waals surface area contributed by atoms with Crippen molar-refractivity contribution < 1.29 is 51.8 Å². The molecule has 13 nitrogen and oxygen atoms in total. The number of ether oxygens (including phenoxy) is 2. The molecule has 0 heterocycles. The van der Waals surface area contributed by atoms with Crippen LogP contribution in [0.4, 0.5) is 0 Å². The van der Waals surface area contributed by atoms with E-state index in [-0.39, 0.29) is 26.4 Å². The van der Waals surface area contributed by atoms with Crippen LogP contribution in [0.25, 0.3) is 0 Å². The summed E-state index contributed by atoms with van der Waals surface area (Å²) in [4.78, 5) is 37.1. The first kappa shape index (κ1) is 54.6. The number of aliphatic hydroxyl groups is 2. The molecule has 0 unspecified atom stereocenters. The Hall–Kier alpha value is -1.77. The topological polar surface area (TPSA) is 154 Å². The molecule has 0 radical (unpaired) electrons. The minimum absolute atomic E-state index is 0.131. The smallest absolute Gasteiger partial charge is 0.334 e. The maximum atomic E-state index is 11.5.